The van der Waals surface area contributed by atoms with E-state index < -0.39 is 6.10 Å². The quantitative estimate of drug-likeness (QED) is 0.767. The van der Waals surface area contributed by atoms with Gasteiger partial charge in [-0.1, -0.05) is 37.3 Å². The number of Topliss-reactive ketones (excluding diaryl/α,β-unsaturated/α-hetero) is 1. The van der Waals surface area contributed by atoms with Crippen LogP contribution in [-0.2, 0) is 11.2 Å². The fourth-order valence-corrected chi connectivity index (χ4v) is 1.72. The molecule has 2 heteroatoms. The number of aliphatic hydroxyl groups is 1. The van der Waals surface area contributed by atoms with Gasteiger partial charge in [0.2, 0.25) is 0 Å². The molecule has 1 unspecified atom stereocenters. The van der Waals surface area contributed by atoms with Gasteiger partial charge < -0.3 is 5.11 Å². The van der Waals surface area contributed by atoms with Crippen molar-refractivity contribution in [2.45, 2.75) is 45.1 Å². The third-order valence-corrected chi connectivity index (χ3v) is 2.60. The van der Waals surface area contributed by atoms with Crippen LogP contribution >= 0.6 is 0 Å². The number of hydrogen-bond donors (Lipinski definition) is 1. The van der Waals surface area contributed by atoms with E-state index in [9.17, 15) is 9.90 Å². The maximum atomic E-state index is 11.3. The SMILES string of the molecule is CCCC(=O)CC(O)CCc1ccccc1. The van der Waals surface area contributed by atoms with Crippen LogP contribution in [0.25, 0.3) is 0 Å². The van der Waals surface area contributed by atoms with Crippen molar-refractivity contribution in [1.29, 1.82) is 0 Å². The Bertz CT molecular complexity index is 306. The molecule has 88 valence electrons. The summed E-state index contributed by atoms with van der Waals surface area (Å²) in [6, 6.07) is 10.0. The average Bonchev–Trinajstić information content (AvgIpc) is 2.28. The molecular weight excluding hydrogens is 200 g/mol. The molecule has 0 amide bonds. The minimum Gasteiger partial charge on any atom is -0.393 e. The van der Waals surface area contributed by atoms with Crippen LogP contribution in [0.15, 0.2) is 30.3 Å². The third kappa shape index (κ3) is 5.08. The van der Waals surface area contributed by atoms with E-state index in [1.807, 2.05) is 37.3 Å². The lowest BCUT2D eigenvalue weighted by atomic mass is 10.0. The molecule has 0 spiro atoms. The van der Waals surface area contributed by atoms with Crippen LogP contribution in [0.2, 0.25) is 0 Å². The summed E-state index contributed by atoms with van der Waals surface area (Å²) in [5.41, 5.74) is 1.21. The van der Waals surface area contributed by atoms with E-state index in [1.54, 1.807) is 0 Å². The zero-order valence-corrected chi connectivity index (χ0v) is 9.86. The Morgan fingerprint density at radius 1 is 1.31 bits per heavy atom. The molecule has 0 saturated carbocycles. The van der Waals surface area contributed by atoms with Gasteiger partial charge in [0.05, 0.1) is 6.10 Å². The zero-order valence-electron chi connectivity index (χ0n) is 9.86. The molecule has 1 rings (SSSR count). The molecule has 0 heterocycles. The normalized spacial score (nSPS) is 12.4. The summed E-state index contributed by atoms with van der Waals surface area (Å²) in [4.78, 5) is 11.3. The molecule has 1 aromatic carbocycles. The van der Waals surface area contributed by atoms with Gasteiger partial charge in [-0.2, -0.15) is 0 Å². The topological polar surface area (TPSA) is 37.3 Å². The molecule has 16 heavy (non-hydrogen) atoms. The maximum Gasteiger partial charge on any atom is 0.135 e. The number of carbonyl (C=O) groups is 1. The average molecular weight is 220 g/mol. The second kappa shape index (κ2) is 7.18. The van der Waals surface area contributed by atoms with Gasteiger partial charge in [0, 0.05) is 12.8 Å². The number of ketones is 1. The predicted octanol–water partition coefficient (Wildman–Crippen LogP) is 2.74. The van der Waals surface area contributed by atoms with Crippen LogP contribution in [0.1, 0.15) is 38.2 Å². The number of hydrogen-bond acceptors (Lipinski definition) is 2. The second-order valence-electron chi connectivity index (χ2n) is 4.17. The van der Waals surface area contributed by atoms with E-state index in [0.29, 0.717) is 19.3 Å². The smallest absolute Gasteiger partial charge is 0.135 e. The van der Waals surface area contributed by atoms with Crippen molar-refractivity contribution in [3.63, 3.8) is 0 Å². The van der Waals surface area contributed by atoms with E-state index >= 15 is 0 Å². The molecule has 0 aliphatic heterocycles. The fraction of sp³-hybridized carbons (Fsp3) is 0.500. The Morgan fingerprint density at radius 2 is 2.00 bits per heavy atom. The number of rotatable bonds is 7. The van der Waals surface area contributed by atoms with Crippen molar-refractivity contribution in [1.82, 2.24) is 0 Å². The van der Waals surface area contributed by atoms with Gasteiger partial charge >= 0.3 is 0 Å². The maximum absolute atomic E-state index is 11.3. The fourth-order valence-electron chi connectivity index (χ4n) is 1.72. The number of aryl methyl sites for hydroxylation is 1. The molecular formula is C14H20O2. The summed E-state index contributed by atoms with van der Waals surface area (Å²) in [6.45, 7) is 1.98. The van der Waals surface area contributed by atoms with E-state index in [0.717, 1.165) is 12.8 Å². The van der Waals surface area contributed by atoms with Crippen molar-refractivity contribution in [2.75, 3.05) is 0 Å². The second-order valence-corrected chi connectivity index (χ2v) is 4.17. The summed E-state index contributed by atoms with van der Waals surface area (Å²) in [5.74, 6) is 0.170. The molecule has 1 atom stereocenters. The monoisotopic (exact) mass is 220 g/mol. The van der Waals surface area contributed by atoms with Crippen LogP contribution in [0.3, 0.4) is 0 Å². The van der Waals surface area contributed by atoms with Crippen LogP contribution in [0, 0.1) is 0 Å². The van der Waals surface area contributed by atoms with Gasteiger partial charge in [0.15, 0.2) is 0 Å². The van der Waals surface area contributed by atoms with Crippen LogP contribution < -0.4 is 0 Å². The largest absolute Gasteiger partial charge is 0.393 e. The van der Waals surface area contributed by atoms with Gasteiger partial charge in [-0.15, -0.1) is 0 Å². The summed E-state index contributed by atoms with van der Waals surface area (Å²) in [7, 11) is 0. The number of aliphatic hydroxyl groups excluding tert-OH is 1. The van der Waals surface area contributed by atoms with Crippen molar-refractivity contribution < 1.29 is 9.90 Å². The first-order valence-corrected chi connectivity index (χ1v) is 5.96. The van der Waals surface area contributed by atoms with Crippen molar-refractivity contribution >= 4 is 5.78 Å². The Kier molecular flexibility index (Phi) is 5.79. The van der Waals surface area contributed by atoms with E-state index in [1.165, 1.54) is 5.56 Å². The van der Waals surface area contributed by atoms with Crippen LogP contribution in [0.5, 0.6) is 0 Å². The summed E-state index contributed by atoms with van der Waals surface area (Å²) < 4.78 is 0. The summed E-state index contributed by atoms with van der Waals surface area (Å²) in [5, 5.41) is 9.69. The molecule has 0 fully saturated rings. The molecule has 0 saturated heterocycles. The molecule has 0 bridgehead atoms. The van der Waals surface area contributed by atoms with E-state index in [-0.39, 0.29) is 5.78 Å². The van der Waals surface area contributed by atoms with Crippen LogP contribution in [-0.4, -0.2) is 17.0 Å². The first kappa shape index (κ1) is 12.9. The zero-order chi connectivity index (χ0) is 11.8. The Balaban J connectivity index is 2.25. The molecule has 0 aliphatic carbocycles. The van der Waals surface area contributed by atoms with Gasteiger partial charge in [-0.05, 0) is 24.8 Å². The third-order valence-electron chi connectivity index (χ3n) is 2.60. The molecule has 2 nitrogen and oxygen atoms in total. The Morgan fingerprint density at radius 3 is 2.62 bits per heavy atom. The van der Waals surface area contributed by atoms with Gasteiger partial charge in [0.25, 0.3) is 0 Å². The predicted molar refractivity (Wildman–Crippen MR) is 65.3 cm³/mol. The Hall–Kier alpha value is -1.15. The van der Waals surface area contributed by atoms with E-state index in [2.05, 4.69) is 0 Å². The standard InChI is InChI=1S/C14H20O2/c1-2-6-13(15)11-14(16)10-9-12-7-4-3-5-8-12/h3-5,7-8,14,16H,2,6,9-11H2,1H3. The minimum absolute atomic E-state index is 0.170. The van der Waals surface area contributed by atoms with Crippen molar-refractivity contribution in [3.8, 4) is 0 Å². The molecule has 1 N–H and O–H groups in total. The lowest BCUT2D eigenvalue weighted by Gasteiger charge is -2.09. The first-order chi connectivity index (χ1) is 7.72. The van der Waals surface area contributed by atoms with Gasteiger partial charge in [0.1, 0.15) is 5.78 Å². The summed E-state index contributed by atoms with van der Waals surface area (Å²) in [6.07, 6.45) is 2.77. The van der Waals surface area contributed by atoms with E-state index in [4.69, 9.17) is 0 Å². The minimum atomic E-state index is -0.487. The highest BCUT2D eigenvalue weighted by molar-refractivity contribution is 5.78. The van der Waals surface area contributed by atoms with Crippen molar-refractivity contribution in [3.05, 3.63) is 35.9 Å². The number of carbonyl (C=O) groups excluding carboxylic acids is 1. The van der Waals surface area contributed by atoms with Gasteiger partial charge in [-0.25, -0.2) is 0 Å². The molecule has 0 aliphatic rings. The lowest BCUT2D eigenvalue weighted by Crippen LogP contribution is -2.14. The molecule has 0 radical (unpaired) electrons. The van der Waals surface area contributed by atoms with Crippen molar-refractivity contribution in [2.24, 2.45) is 0 Å². The molecule has 1 aromatic rings. The lowest BCUT2D eigenvalue weighted by molar-refractivity contribution is -0.121. The first-order valence-electron chi connectivity index (χ1n) is 5.96. The highest BCUT2D eigenvalue weighted by Crippen LogP contribution is 2.08. The Labute approximate surface area is 97.3 Å². The number of benzene rings is 1. The highest BCUT2D eigenvalue weighted by Gasteiger charge is 2.09. The summed E-state index contributed by atoms with van der Waals surface area (Å²) >= 11 is 0. The molecule has 0 aromatic heterocycles. The van der Waals surface area contributed by atoms with Crippen LogP contribution in [0.4, 0.5) is 0 Å². The highest BCUT2D eigenvalue weighted by atomic mass is 16.3. The van der Waals surface area contributed by atoms with Gasteiger partial charge in [-0.3, -0.25) is 4.79 Å².